The van der Waals surface area contributed by atoms with Gasteiger partial charge in [-0.05, 0) is 92.8 Å². The predicted octanol–water partition coefficient (Wildman–Crippen LogP) is 6.67. The number of rotatable bonds is 0. The molecule has 0 aromatic heterocycles. The molecule has 0 unspecified atom stereocenters. The summed E-state index contributed by atoms with van der Waals surface area (Å²) < 4.78 is 6.78. The lowest BCUT2D eigenvalue weighted by atomic mass is 9.48. The van der Waals surface area contributed by atoms with Gasteiger partial charge in [0.1, 0.15) is 0 Å². The lowest BCUT2D eigenvalue weighted by molar-refractivity contribution is -0.0569. The second-order valence-electron chi connectivity index (χ2n) is 12.3. The molecule has 0 aromatic rings. The van der Waals surface area contributed by atoms with Crippen LogP contribution < -0.4 is 0 Å². The van der Waals surface area contributed by atoms with E-state index >= 15 is 0 Å². The van der Waals surface area contributed by atoms with Crippen LogP contribution in [0.3, 0.4) is 0 Å². The Morgan fingerprint density at radius 1 is 0.962 bits per heavy atom. The maximum Gasteiger partial charge on any atom is 0.0957 e. The van der Waals surface area contributed by atoms with Crippen LogP contribution in [0.1, 0.15) is 97.3 Å². The van der Waals surface area contributed by atoms with Gasteiger partial charge in [0.25, 0.3) is 0 Å². The highest BCUT2D eigenvalue weighted by atomic mass is 16.6. The number of hydrogen-bond acceptors (Lipinski definition) is 1. The van der Waals surface area contributed by atoms with E-state index in [0.29, 0.717) is 22.3 Å². The molecule has 2 bridgehead atoms. The normalized spacial score (nSPS) is 53.4. The monoisotopic (exact) mass is 354 g/mol. The van der Waals surface area contributed by atoms with Gasteiger partial charge < -0.3 is 4.74 Å². The molecule has 5 saturated carbocycles. The van der Waals surface area contributed by atoms with Crippen molar-refractivity contribution < 1.29 is 4.74 Å². The molecule has 5 aliphatic carbocycles. The number of fused-ring (bicyclic) bond motifs is 4. The van der Waals surface area contributed by atoms with Crippen LogP contribution in [0, 0.1) is 34.0 Å². The number of allylic oxidation sites excluding steroid dienone is 1. The Labute approximate surface area is 160 Å². The Hall–Kier alpha value is -0.300. The van der Waals surface area contributed by atoms with Gasteiger partial charge in [0.15, 0.2) is 0 Å². The van der Waals surface area contributed by atoms with Gasteiger partial charge in [0.05, 0.1) is 11.7 Å². The fourth-order valence-electron chi connectivity index (χ4n) is 9.47. The molecule has 0 N–H and O–H groups in total. The molecule has 1 heterocycles. The number of ether oxygens (including phenoxy) is 1. The van der Waals surface area contributed by atoms with Crippen molar-refractivity contribution in [3.63, 3.8) is 0 Å². The average molecular weight is 355 g/mol. The zero-order chi connectivity index (χ0) is 17.8. The molecule has 1 heteroatoms. The maximum absolute atomic E-state index is 6.78. The van der Waals surface area contributed by atoms with E-state index in [1.54, 1.807) is 5.57 Å². The van der Waals surface area contributed by atoms with Gasteiger partial charge in [-0.1, -0.05) is 45.3 Å². The minimum atomic E-state index is 0.286. The highest BCUT2D eigenvalue weighted by Gasteiger charge is 2.71. The van der Waals surface area contributed by atoms with E-state index in [-0.39, 0.29) is 5.60 Å². The van der Waals surface area contributed by atoms with Gasteiger partial charge in [-0.15, -0.1) is 0 Å². The molecule has 144 valence electrons. The summed E-state index contributed by atoms with van der Waals surface area (Å²) in [5, 5.41) is 0. The lowest BCUT2D eigenvalue weighted by Crippen LogP contribution is -2.50. The summed E-state index contributed by atoms with van der Waals surface area (Å²) >= 11 is 0. The quantitative estimate of drug-likeness (QED) is 0.350. The van der Waals surface area contributed by atoms with E-state index in [9.17, 15) is 0 Å². The molecule has 0 aromatic carbocycles. The lowest BCUT2D eigenvalue weighted by Gasteiger charge is -2.57. The van der Waals surface area contributed by atoms with E-state index in [1.165, 1.54) is 83.5 Å². The minimum absolute atomic E-state index is 0.286. The Bertz CT molecular complexity index is 641. The first-order chi connectivity index (χ1) is 12.4. The Morgan fingerprint density at radius 2 is 1.77 bits per heavy atom. The molecule has 1 saturated heterocycles. The van der Waals surface area contributed by atoms with Crippen LogP contribution in [0.15, 0.2) is 12.2 Å². The standard InChI is InChI=1S/C25H38O/c1-17-13-24(12-11-23(16-24)8-4-5-9-23)21-25(26-21)10-6-7-18(14-25)20-19(17)15-22(20,2)3/h18-21H,1,4-16H2,2-3H3/t18-,19+,20+,21-,24-,25+/m0/s1. The molecule has 6 atom stereocenters. The maximum atomic E-state index is 6.78. The van der Waals surface area contributed by atoms with Gasteiger partial charge >= 0.3 is 0 Å². The van der Waals surface area contributed by atoms with Crippen LogP contribution in [0.2, 0.25) is 0 Å². The van der Waals surface area contributed by atoms with Crippen LogP contribution in [0.25, 0.3) is 0 Å². The Morgan fingerprint density at radius 3 is 2.54 bits per heavy atom. The van der Waals surface area contributed by atoms with Gasteiger partial charge in [-0.25, -0.2) is 0 Å². The third-order valence-electron chi connectivity index (χ3n) is 10.3. The molecule has 26 heavy (non-hydrogen) atoms. The zero-order valence-corrected chi connectivity index (χ0v) is 17.1. The minimum Gasteiger partial charge on any atom is -0.365 e. The molecule has 3 spiro atoms. The fraction of sp³-hybridized carbons (Fsp3) is 0.920. The summed E-state index contributed by atoms with van der Waals surface area (Å²) in [7, 11) is 0. The van der Waals surface area contributed by atoms with E-state index in [1.807, 2.05) is 0 Å². The van der Waals surface area contributed by atoms with Gasteiger partial charge in [-0.3, -0.25) is 0 Å². The second kappa shape index (κ2) is 5.00. The largest absolute Gasteiger partial charge is 0.365 e. The summed E-state index contributed by atoms with van der Waals surface area (Å²) in [5.74, 6) is 2.60. The van der Waals surface area contributed by atoms with Crippen LogP contribution in [0.5, 0.6) is 0 Å². The third kappa shape index (κ3) is 2.08. The highest BCUT2D eigenvalue weighted by Crippen LogP contribution is 2.72. The van der Waals surface area contributed by atoms with E-state index < -0.39 is 0 Å². The first-order valence-electron chi connectivity index (χ1n) is 11.7. The molecular formula is C25H38O. The third-order valence-corrected chi connectivity index (χ3v) is 10.3. The summed E-state index contributed by atoms with van der Waals surface area (Å²) in [5.41, 5.74) is 3.59. The molecule has 0 amide bonds. The Balaban J connectivity index is 1.38. The van der Waals surface area contributed by atoms with Crippen molar-refractivity contribution in [2.75, 3.05) is 0 Å². The average Bonchev–Trinajstić information content (AvgIpc) is 2.94. The van der Waals surface area contributed by atoms with Crippen LogP contribution in [-0.2, 0) is 4.74 Å². The predicted molar refractivity (Wildman–Crippen MR) is 106 cm³/mol. The fourth-order valence-corrected chi connectivity index (χ4v) is 9.47. The second-order valence-corrected chi connectivity index (χ2v) is 12.3. The molecule has 6 rings (SSSR count). The molecule has 0 radical (unpaired) electrons. The van der Waals surface area contributed by atoms with E-state index in [2.05, 4.69) is 13.8 Å². The summed E-state index contributed by atoms with van der Waals surface area (Å²) in [6.07, 6.45) is 19.2. The van der Waals surface area contributed by atoms with E-state index in [0.717, 1.165) is 17.8 Å². The van der Waals surface area contributed by atoms with Crippen LogP contribution >= 0.6 is 0 Å². The molecular weight excluding hydrogens is 316 g/mol. The van der Waals surface area contributed by atoms with Crippen molar-refractivity contribution in [3.05, 3.63) is 12.2 Å². The van der Waals surface area contributed by atoms with Crippen molar-refractivity contribution in [1.29, 1.82) is 0 Å². The summed E-state index contributed by atoms with van der Waals surface area (Å²) in [6.45, 7) is 9.81. The van der Waals surface area contributed by atoms with Gasteiger partial charge in [-0.2, -0.15) is 0 Å². The molecule has 6 aliphatic rings. The van der Waals surface area contributed by atoms with Gasteiger partial charge in [0, 0.05) is 5.41 Å². The smallest absolute Gasteiger partial charge is 0.0957 e. The SMILES string of the molecule is C=C1C[C@]2(CCC3(CCCC3)C2)[C@@H]2O[C@@]23CCC[C@@H](C3)[C@@H]2[C@@H]1CC2(C)C. The first kappa shape index (κ1) is 16.6. The number of hydrogen-bond donors (Lipinski definition) is 0. The van der Waals surface area contributed by atoms with Crippen molar-refractivity contribution >= 4 is 0 Å². The van der Waals surface area contributed by atoms with Crippen molar-refractivity contribution in [2.24, 2.45) is 34.0 Å². The topological polar surface area (TPSA) is 12.5 Å². The first-order valence-corrected chi connectivity index (χ1v) is 11.7. The zero-order valence-electron chi connectivity index (χ0n) is 17.1. The highest BCUT2D eigenvalue weighted by molar-refractivity contribution is 5.26. The van der Waals surface area contributed by atoms with Crippen molar-refractivity contribution in [3.8, 4) is 0 Å². The summed E-state index contributed by atoms with van der Waals surface area (Å²) in [4.78, 5) is 0. The van der Waals surface area contributed by atoms with Crippen molar-refractivity contribution in [1.82, 2.24) is 0 Å². The van der Waals surface area contributed by atoms with Crippen LogP contribution in [-0.4, -0.2) is 11.7 Å². The van der Waals surface area contributed by atoms with Crippen molar-refractivity contribution in [2.45, 2.75) is 109 Å². The molecule has 6 fully saturated rings. The summed E-state index contributed by atoms with van der Waals surface area (Å²) in [6, 6.07) is 0. The van der Waals surface area contributed by atoms with Crippen LogP contribution in [0.4, 0.5) is 0 Å². The Kier molecular flexibility index (Phi) is 3.20. The van der Waals surface area contributed by atoms with E-state index in [4.69, 9.17) is 11.3 Å². The molecule has 1 aliphatic heterocycles. The molecule has 1 nitrogen and oxygen atoms in total. The number of epoxide rings is 1. The van der Waals surface area contributed by atoms with Gasteiger partial charge in [0.2, 0.25) is 0 Å².